The summed E-state index contributed by atoms with van der Waals surface area (Å²) in [4.78, 5) is 12.4. The minimum absolute atomic E-state index is 0.0260. The van der Waals surface area contributed by atoms with Crippen LogP contribution in [0.5, 0.6) is 11.5 Å². The highest BCUT2D eigenvalue weighted by Crippen LogP contribution is 2.29. The van der Waals surface area contributed by atoms with E-state index in [2.05, 4.69) is 15.9 Å². The Morgan fingerprint density at radius 1 is 1.37 bits per heavy atom. The standard InChI is InChI=1S/C13H10BrClO3S/c1-17-8-2-3-11(9(14)6-8)18-7-10(16)12-4-5-13(15)19-12/h2-6H,7H2,1H3. The number of hydrogen-bond donors (Lipinski definition) is 0. The molecule has 3 nitrogen and oxygen atoms in total. The van der Waals surface area contributed by atoms with Gasteiger partial charge in [-0.3, -0.25) is 4.79 Å². The number of benzene rings is 1. The zero-order valence-corrected chi connectivity index (χ0v) is 13.1. The van der Waals surface area contributed by atoms with Gasteiger partial charge in [-0.1, -0.05) is 11.6 Å². The second-order valence-electron chi connectivity index (χ2n) is 3.61. The third-order valence-electron chi connectivity index (χ3n) is 2.35. The van der Waals surface area contributed by atoms with Crippen LogP contribution in [0.3, 0.4) is 0 Å². The van der Waals surface area contributed by atoms with E-state index in [1.165, 1.54) is 11.3 Å². The molecule has 0 unspecified atom stereocenters. The van der Waals surface area contributed by atoms with Crippen molar-refractivity contribution in [2.45, 2.75) is 0 Å². The first-order chi connectivity index (χ1) is 9.10. The number of thiophene rings is 1. The molecule has 0 fully saturated rings. The van der Waals surface area contributed by atoms with E-state index in [9.17, 15) is 4.79 Å². The molecule has 0 N–H and O–H groups in total. The van der Waals surface area contributed by atoms with Crippen LogP contribution in [0.25, 0.3) is 0 Å². The van der Waals surface area contributed by atoms with E-state index >= 15 is 0 Å². The molecule has 0 aliphatic carbocycles. The maximum atomic E-state index is 11.9. The number of carbonyl (C=O) groups is 1. The van der Waals surface area contributed by atoms with Gasteiger partial charge in [0.15, 0.2) is 6.61 Å². The summed E-state index contributed by atoms with van der Waals surface area (Å²) in [5, 5.41) is 0. The van der Waals surface area contributed by atoms with Crippen molar-refractivity contribution in [2.24, 2.45) is 0 Å². The SMILES string of the molecule is COc1ccc(OCC(=O)c2ccc(Cl)s2)c(Br)c1. The van der Waals surface area contributed by atoms with Gasteiger partial charge in [-0.25, -0.2) is 0 Å². The van der Waals surface area contributed by atoms with Crippen LogP contribution in [0.15, 0.2) is 34.8 Å². The van der Waals surface area contributed by atoms with Gasteiger partial charge < -0.3 is 9.47 Å². The first kappa shape index (κ1) is 14.4. The molecule has 0 bridgehead atoms. The van der Waals surface area contributed by atoms with Crippen LogP contribution in [0.2, 0.25) is 4.34 Å². The van der Waals surface area contributed by atoms with E-state index in [4.69, 9.17) is 21.1 Å². The summed E-state index contributed by atoms with van der Waals surface area (Å²) in [6.45, 7) is -0.0260. The van der Waals surface area contributed by atoms with Crippen LogP contribution in [-0.2, 0) is 0 Å². The van der Waals surface area contributed by atoms with Crippen molar-refractivity contribution in [1.29, 1.82) is 0 Å². The third kappa shape index (κ3) is 3.72. The molecule has 6 heteroatoms. The first-order valence-electron chi connectivity index (χ1n) is 5.35. The van der Waals surface area contributed by atoms with Crippen molar-refractivity contribution >= 4 is 44.7 Å². The highest BCUT2D eigenvalue weighted by molar-refractivity contribution is 9.10. The Labute approximate surface area is 128 Å². The summed E-state index contributed by atoms with van der Waals surface area (Å²) in [5.41, 5.74) is 0. The molecule has 0 saturated heterocycles. The quantitative estimate of drug-likeness (QED) is 0.739. The van der Waals surface area contributed by atoms with Gasteiger partial charge in [0.25, 0.3) is 0 Å². The highest BCUT2D eigenvalue weighted by atomic mass is 79.9. The van der Waals surface area contributed by atoms with E-state index in [0.717, 1.165) is 10.2 Å². The maximum Gasteiger partial charge on any atom is 0.210 e. The molecule has 0 amide bonds. The summed E-state index contributed by atoms with van der Waals surface area (Å²) in [5.74, 6) is 1.21. The fourth-order valence-electron chi connectivity index (χ4n) is 1.40. The van der Waals surface area contributed by atoms with Gasteiger partial charge >= 0.3 is 0 Å². The first-order valence-corrected chi connectivity index (χ1v) is 7.34. The van der Waals surface area contributed by atoms with Gasteiger partial charge in [0, 0.05) is 0 Å². The lowest BCUT2D eigenvalue weighted by atomic mass is 10.3. The number of rotatable bonds is 5. The Hall–Kier alpha value is -1.04. The van der Waals surface area contributed by atoms with Crippen molar-refractivity contribution in [3.8, 4) is 11.5 Å². The van der Waals surface area contributed by atoms with E-state index in [0.29, 0.717) is 15.0 Å². The molecule has 100 valence electrons. The number of hydrogen-bond acceptors (Lipinski definition) is 4. The molecular formula is C13H10BrClO3S. The van der Waals surface area contributed by atoms with Gasteiger partial charge in [-0.15, -0.1) is 11.3 Å². The van der Waals surface area contributed by atoms with Crippen LogP contribution >= 0.6 is 38.9 Å². The zero-order valence-electron chi connectivity index (χ0n) is 9.98. The lowest BCUT2D eigenvalue weighted by Gasteiger charge is -2.08. The van der Waals surface area contributed by atoms with E-state index < -0.39 is 0 Å². The van der Waals surface area contributed by atoms with Crippen molar-refractivity contribution in [3.05, 3.63) is 44.0 Å². The lowest BCUT2D eigenvalue weighted by Crippen LogP contribution is -2.10. The van der Waals surface area contributed by atoms with Crippen LogP contribution in [0.1, 0.15) is 9.67 Å². The molecule has 19 heavy (non-hydrogen) atoms. The zero-order chi connectivity index (χ0) is 13.8. The van der Waals surface area contributed by atoms with E-state index in [1.807, 2.05) is 0 Å². The molecule has 1 aromatic carbocycles. The fourth-order valence-corrected chi connectivity index (χ4v) is 2.84. The number of methoxy groups -OCH3 is 1. The normalized spacial score (nSPS) is 10.3. The Balaban J connectivity index is 2.01. The average Bonchev–Trinajstić information content (AvgIpc) is 2.83. The molecule has 0 aliphatic heterocycles. The Morgan fingerprint density at radius 2 is 2.16 bits per heavy atom. The fraction of sp³-hybridized carbons (Fsp3) is 0.154. The minimum atomic E-state index is -0.0976. The molecular weight excluding hydrogens is 352 g/mol. The summed E-state index contributed by atoms with van der Waals surface area (Å²) in [7, 11) is 1.59. The summed E-state index contributed by atoms with van der Waals surface area (Å²) < 4.78 is 11.9. The molecule has 1 aromatic heterocycles. The second kappa shape index (κ2) is 6.41. The number of ether oxygens (including phenoxy) is 2. The van der Waals surface area contributed by atoms with Crippen molar-refractivity contribution in [1.82, 2.24) is 0 Å². The lowest BCUT2D eigenvalue weighted by molar-refractivity contribution is 0.0925. The Morgan fingerprint density at radius 3 is 2.74 bits per heavy atom. The summed E-state index contributed by atoms with van der Waals surface area (Å²) in [6, 6.07) is 8.69. The second-order valence-corrected chi connectivity index (χ2v) is 6.18. The van der Waals surface area contributed by atoms with Crippen molar-refractivity contribution in [2.75, 3.05) is 13.7 Å². The Kier molecular flexibility index (Phi) is 4.85. The van der Waals surface area contributed by atoms with E-state index in [1.54, 1.807) is 37.4 Å². The number of halogens is 2. The molecule has 0 radical (unpaired) electrons. The average molecular weight is 362 g/mol. The summed E-state index contributed by atoms with van der Waals surface area (Å²) in [6.07, 6.45) is 0. The number of ketones is 1. The van der Waals surface area contributed by atoms with Gasteiger partial charge in [0.2, 0.25) is 5.78 Å². The summed E-state index contributed by atoms with van der Waals surface area (Å²) >= 11 is 10.4. The van der Waals surface area contributed by atoms with Crippen molar-refractivity contribution in [3.63, 3.8) is 0 Å². The molecule has 0 atom stereocenters. The Bertz CT molecular complexity index is 597. The van der Waals surface area contributed by atoms with Gasteiger partial charge in [-0.05, 0) is 46.3 Å². The smallest absolute Gasteiger partial charge is 0.210 e. The van der Waals surface area contributed by atoms with E-state index in [-0.39, 0.29) is 12.4 Å². The van der Waals surface area contributed by atoms with Crippen LogP contribution < -0.4 is 9.47 Å². The van der Waals surface area contributed by atoms with Crippen molar-refractivity contribution < 1.29 is 14.3 Å². The molecule has 0 spiro atoms. The van der Waals surface area contributed by atoms with Crippen LogP contribution in [0.4, 0.5) is 0 Å². The topological polar surface area (TPSA) is 35.5 Å². The molecule has 1 heterocycles. The molecule has 0 aliphatic rings. The highest BCUT2D eigenvalue weighted by Gasteiger charge is 2.11. The largest absolute Gasteiger partial charge is 0.497 e. The molecule has 0 saturated carbocycles. The molecule has 2 rings (SSSR count). The van der Waals surface area contributed by atoms with Crippen LogP contribution in [-0.4, -0.2) is 19.5 Å². The van der Waals surface area contributed by atoms with Gasteiger partial charge in [0.1, 0.15) is 11.5 Å². The molecule has 2 aromatic rings. The van der Waals surface area contributed by atoms with Crippen LogP contribution in [0, 0.1) is 0 Å². The predicted octanol–water partition coefficient (Wildman–Crippen LogP) is 4.43. The minimum Gasteiger partial charge on any atom is -0.497 e. The van der Waals surface area contributed by atoms with Gasteiger partial charge in [-0.2, -0.15) is 0 Å². The predicted molar refractivity (Wildman–Crippen MR) is 79.8 cm³/mol. The maximum absolute atomic E-state index is 11.9. The number of Topliss-reactive ketones (excluding diaryl/α,β-unsaturated/α-hetero) is 1. The monoisotopic (exact) mass is 360 g/mol. The third-order valence-corrected chi connectivity index (χ3v) is 4.24. The number of carbonyl (C=O) groups excluding carboxylic acids is 1. The van der Waals surface area contributed by atoms with Gasteiger partial charge in [0.05, 0.1) is 20.8 Å².